The van der Waals surface area contributed by atoms with Crippen LogP contribution in [0.25, 0.3) is 0 Å². The number of anilines is 2. The van der Waals surface area contributed by atoms with E-state index in [0.29, 0.717) is 13.0 Å². The van der Waals surface area contributed by atoms with Gasteiger partial charge >= 0.3 is 0 Å². The second kappa shape index (κ2) is 10.3. The SMILES string of the molecule is CCOc1ccc(NC(=O)C(C)Sc2ccc(NC(=O)CC(C)(C)C)cc2)cc1. The Kier molecular flexibility index (Phi) is 8.14. The maximum absolute atomic E-state index is 12.5. The number of carbonyl (C=O) groups excluding carboxylic acids is 2. The van der Waals surface area contributed by atoms with Gasteiger partial charge in [-0.3, -0.25) is 9.59 Å². The third-order valence-corrected chi connectivity index (χ3v) is 5.06. The molecule has 0 bridgehead atoms. The number of benzene rings is 2. The summed E-state index contributed by atoms with van der Waals surface area (Å²) in [6, 6.07) is 14.9. The molecule has 0 aliphatic heterocycles. The summed E-state index contributed by atoms with van der Waals surface area (Å²) < 4.78 is 5.41. The van der Waals surface area contributed by atoms with Crippen LogP contribution in [0.4, 0.5) is 11.4 Å². The smallest absolute Gasteiger partial charge is 0.237 e. The normalized spacial score (nSPS) is 12.2. The van der Waals surface area contributed by atoms with Crippen LogP contribution in [0, 0.1) is 5.41 Å². The van der Waals surface area contributed by atoms with Gasteiger partial charge in [0.2, 0.25) is 11.8 Å². The van der Waals surface area contributed by atoms with Crippen molar-refractivity contribution >= 4 is 35.0 Å². The Morgan fingerprint density at radius 2 is 1.52 bits per heavy atom. The number of nitrogens with one attached hydrogen (secondary N) is 2. The molecular weight excluding hydrogens is 384 g/mol. The van der Waals surface area contributed by atoms with Crippen LogP contribution in [0.5, 0.6) is 5.75 Å². The number of ether oxygens (including phenoxy) is 1. The molecule has 0 spiro atoms. The van der Waals surface area contributed by atoms with Crippen molar-refractivity contribution in [1.29, 1.82) is 0 Å². The Labute approximate surface area is 177 Å². The molecule has 0 saturated heterocycles. The van der Waals surface area contributed by atoms with Gasteiger partial charge in [-0.2, -0.15) is 0 Å². The molecular formula is C23H30N2O3S. The van der Waals surface area contributed by atoms with E-state index in [-0.39, 0.29) is 22.5 Å². The summed E-state index contributed by atoms with van der Waals surface area (Å²) >= 11 is 1.47. The highest BCUT2D eigenvalue weighted by atomic mass is 32.2. The van der Waals surface area contributed by atoms with Crippen LogP contribution in [-0.4, -0.2) is 23.7 Å². The minimum atomic E-state index is -0.261. The minimum absolute atomic E-state index is 0.000930. The first-order chi connectivity index (χ1) is 13.7. The number of carbonyl (C=O) groups is 2. The largest absolute Gasteiger partial charge is 0.494 e. The Morgan fingerprint density at radius 1 is 0.966 bits per heavy atom. The first-order valence-corrected chi connectivity index (χ1v) is 10.6. The third-order valence-electron chi connectivity index (χ3n) is 3.94. The fraction of sp³-hybridized carbons (Fsp3) is 0.391. The van der Waals surface area contributed by atoms with E-state index in [0.717, 1.165) is 22.0 Å². The molecule has 0 aliphatic carbocycles. The summed E-state index contributed by atoms with van der Waals surface area (Å²) in [6.45, 7) is 10.5. The predicted octanol–water partition coefficient (Wildman–Crippen LogP) is 5.58. The molecule has 29 heavy (non-hydrogen) atoms. The van der Waals surface area contributed by atoms with E-state index in [1.165, 1.54) is 11.8 Å². The standard InChI is InChI=1S/C23H30N2O3S/c1-6-28-19-11-7-18(8-12-19)25-22(27)16(2)29-20-13-9-17(10-14-20)24-21(26)15-23(3,4)5/h7-14,16H,6,15H2,1-5H3,(H,24,26)(H,25,27). The lowest BCUT2D eigenvalue weighted by Gasteiger charge is -2.17. The molecule has 0 heterocycles. The molecule has 0 fully saturated rings. The summed E-state index contributed by atoms with van der Waals surface area (Å²) in [7, 11) is 0. The van der Waals surface area contributed by atoms with Crippen LogP contribution in [0.3, 0.4) is 0 Å². The molecule has 5 nitrogen and oxygen atoms in total. The molecule has 0 aromatic heterocycles. The zero-order valence-corrected chi connectivity index (χ0v) is 18.6. The van der Waals surface area contributed by atoms with Crippen molar-refractivity contribution in [3.63, 3.8) is 0 Å². The zero-order valence-electron chi connectivity index (χ0n) is 17.7. The van der Waals surface area contributed by atoms with Gasteiger partial charge in [0.25, 0.3) is 0 Å². The zero-order chi connectivity index (χ0) is 21.4. The van der Waals surface area contributed by atoms with Crippen molar-refractivity contribution in [3.8, 4) is 5.75 Å². The maximum atomic E-state index is 12.5. The van der Waals surface area contributed by atoms with Crippen molar-refractivity contribution in [1.82, 2.24) is 0 Å². The molecule has 1 unspecified atom stereocenters. The van der Waals surface area contributed by atoms with Crippen molar-refractivity contribution in [3.05, 3.63) is 48.5 Å². The average Bonchev–Trinajstić information content (AvgIpc) is 2.63. The third kappa shape index (κ3) is 8.20. The molecule has 156 valence electrons. The summed E-state index contributed by atoms with van der Waals surface area (Å²) in [5.74, 6) is 0.713. The number of rotatable bonds is 8. The van der Waals surface area contributed by atoms with Gasteiger partial charge in [0.05, 0.1) is 11.9 Å². The second-order valence-corrected chi connectivity index (χ2v) is 9.43. The lowest BCUT2D eigenvalue weighted by Crippen LogP contribution is -2.22. The summed E-state index contributed by atoms with van der Waals surface area (Å²) in [6.07, 6.45) is 0.465. The van der Waals surface area contributed by atoms with E-state index < -0.39 is 0 Å². The van der Waals surface area contributed by atoms with Gasteiger partial charge in [-0.15, -0.1) is 11.8 Å². The van der Waals surface area contributed by atoms with Gasteiger partial charge in [0.1, 0.15) is 5.75 Å². The van der Waals surface area contributed by atoms with Crippen LogP contribution in [0.1, 0.15) is 41.0 Å². The molecule has 0 radical (unpaired) electrons. The van der Waals surface area contributed by atoms with Gasteiger partial charge < -0.3 is 15.4 Å². The van der Waals surface area contributed by atoms with Gasteiger partial charge in [0.15, 0.2) is 0 Å². The number of hydrogen-bond acceptors (Lipinski definition) is 4. The van der Waals surface area contributed by atoms with E-state index in [9.17, 15) is 9.59 Å². The van der Waals surface area contributed by atoms with E-state index in [1.807, 2.05) is 83.1 Å². The van der Waals surface area contributed by atoms with Crippen LogP contribution in [0.15, 0.2) is 53.4 Å². The van der Waals surface area contributed by atoms with Crippen LogP contribution in [-0.2, 0) is 9.59 Å². The lowest BCUT2D eigenvalue weighted by molar-refractivity contribution is -0.118. The van der Waals surface area contributed by atoms with Gasteiger partial charge in [0, 0.05) is 22.7 Å². The van der Waals surface area contributed by atoms with Crippen molar-refractivity contribution in [2.75, 3.05) is 17.2 Å². The average molecular weight is 415 g/mol. The topological polar surface area (TPSA) is 67.4 Å². The molecule has 0 saturated carbocycles. The lowest BCUT2D eigenvalue weighted by atomic mass is 9.92. The monoisotopic (exact) mass is 414 g/mol. The van der Waals surface area contributed by atoms with E-state index in [1.54, 1.807) is 0 Å². The quantitative estimate of drug-likeness (QED) is 0.553. The van der Waals surface area contributed by atoms with Crippen molar-refractivity contribution in [2.24, 2.45) is 5.41 Å². The van der Waals surface area contributed by atoms with Gasteiger partial charge in [-0.05, 0) is 67.8 Å². The Morgan fingerprint density at radius 3 is 2.07 bits per heavy atom. The van der Waals surface area contributed by atoms with Crippen molar-refractivity contribution < 1.29 is 14.3 Å². The first kappa shape index (κ1) is 22.8. The Balaban J connectivity index is 1.87. The maximum Gasteiger partial charge on any atom is 0.237 e. The van der Waals surface area contributed by atoms with Gasteiger partial charge in [-0.25, -0.2) is 0 Å². The fourth-order valence-electron chi connectivity index (χ4n) is 2.61. The number of amides is 2. The highest BCUT2D eigenvalue weighted by Gasteiger charge is 2.17. The number of hydrogen-bond donors (Lipinski definition) is 2. The molecule has 2 N–H and O–H groups in total. The molecule has 2 amide bonds. The highest BCUT2D eigenvalue weighted by Crippen LogP contribution is 2.26. The molecule has 2 aromatic carbocycles. The van der Waals surface area contributed by atoms with Crippen LogP contribution < -0.4 is 15.4 Å². The van der Waals surface area contributed by atoms with E-state index >= 15 is 0 Å². The summed E-state index contributed by atoms with van der Waals surface area (Å²) in [5.41, 5.74) is 1.45. The molecule has 6 heteroatoms. The van der Waals surface area contributed by atoms with Crippen LogP contribution in [0.2, 0.25) is 0 Å². The highest BCUT2D eigenvalue weighted by molar-refractivity contribution is 8.00. The van der Waals surface area contributed by atoms with Crippen molar-refractivity contribution in [2.45, 2.75) is 51.2 Å². The summed E-state index contributed by atoms with van der Waals surface area (Å²) in [5, 5.41) is 5.57. The first-order valence-electron chi connectivity index (χ1n) is 9.76. The minimum Gasteiger partial charge on any atom is -0.494 e. The van der Waals surface area contributed by atoms with E-state index in [4.69, 9.17) is 4.74 Å². The Bertz CT molecular complexity index is 812. The van der Waals surface area contributed by atoms with Gasteiger partial charge in [-0.1, -0.05) is 20.8 Å². The molecule has 2 rings (SSSR count). The van der Waals surface area contributed by atoms with Crippen LogP contribution >= 0.6 is 11.8 Å². The Hall–Kier alpha value is -2.47. The summed E-state index contributed by atoms with van der Waals surface area (Å²) in [4.78, 5) is 25.5. The van der Waals surface area contributed by atoms with E-state index in [2.05, 4.69) is 10.6 Å². The molecule has 2 aromatic rings. The molecule has 1 atom stereocenters. The predicted molar refractivity (Wildman–Crippen MR) is 121 cm³/mol. The second-order valence-electron chi connectivity index (χ2n) is 8.02. The molecule has 0 aliphatic rings. The number of thioether (sulfide) groups is 1. The fourth-order valence-corrected chi connectivity index (χ4v) is 3.47.